The Morgan fingerprint density at radius 3 is 2.39 bits per heavy atom. The number of hydrogen-bond donors (Lipinski definition) is 1. The lowest BCUT2D eigenvalue weighted by molar-refractivity contribution is -0.302. The van der Waals surface area contributed by atoms with Crippen LogP contribution in [0.2, 0.25) is 0 Å². The van der Waals surface area contributed by atoms with Crippen LogP contribution in [0.15, 0.2) is 30.3 Å². The van der Waals surface area contributed by atoms with Crippen LogP contribution in [0.25, 0.3) is 0 Å². The van der Waals surface area contributed by atoms with Crippen molar-refractivity contribution in [2.45, 2.75) is 29.8 Å². The number of rotatable bonds is 2. The molecule has 0 amide bonds. The van der Waals surface area contributed by atoms with Gasteiger partial charge in [0.05, 0.1) is 11.6 Å². The summed E-state index contributed by atoms with van der Waals surface area (Å²) in [7, 11) is 0. The summed E-state index contributed by atoms with van der Waals surface area (Å²) in [6.45, 7) is 0. The monoisotopic (exact) mass is 403 g/mol. The van der Waals surface area contributed by atoms with Crippen LogP contribution in [0, 0.1) is 17.1 Å². The average Bonchev–Trinajstić information content (AvgIpc) is 2.90. The normalized spacial score (nSPS) is 28.7. The minimum Gasteiger partial charge on any atom is -0.457 e. The van der Waals surface area contributed by atoms with Crippen molar-refractivity contribution in [3.05, 3.63) is 58.4 Å². The predicted octanol–water partition coefficient (Wildman–Crippen LogP) is 4.78. The summed E-state index contributed by atoms with van der Waals surface area (Å²) in [6, 6.07) is 5.43. The second-order valence-corrected chi connectivity index (χ2v) is 6.51. The maximum Gasteiger partial charge on any atom is 0.349 e. The van der Waals surface area contributed by atoms with Gasteiger partial charge in [-0.3, -0.25) is 0 Å². The molecule has 4 rings (SSSR count). The molecule has 2 aliphatic rings. The lowest BCUT2D eigenvalue weighted by Crippen LogP contribution is -2.53. The molecule has 0 saturated heterocycles. The highest BCUT2D eigenvalue weighted by molar-refractivity contribution is 5.62. The van der Waals surface area contributed by atoms with Gasteiger partial charge in [-0.2, -0.15) is 22.8 Å². The standard InChI is InChI=1S/C18H8F7NO2/c19-8-3-7(6-26)4-9(5-8)28-11-2-1-10-13-12(11)14(20)15(21)16(13,27)18(24,25)17(10,22)23/h1-5,14-15,27H/t14-,15-,16-/m0/s1. The predicted molar refractivity (Wildman–Crippen MR) is 79.1 cm³/mol. The molecule has 3 atom stereocenters. The van der Waals surface area contributed by atoms with Crippen LogP contribution in [0.4, 0.5) is 30.7 Å². The molecule has 146 valence electrons. The zero-order valence-electron chi connectivity index (χ0n) is 13.5. The van der Waals surface area contributed by atoms with E-state index in [0.29, 0.717) is 12.1 Å². The first kappa shape index (κ1) is 18.6. The minimum absolute atomic E-state index is 0.192. The lowest BCUT2D eigenvalue weighted by atomic mass is 9.93. The third-order valence-corrected chi connectivity index (χ3v) is 4.96. The smallest absolute Gasteiger partial charge is 0.349 e. The summed E-state index contributed by atoms with van der Waals surface area (Å²) in [4.78, 5) is 0. The number of alkyl halides is 6. The van der Waals surface area contributed by atoms with Crippen LogP contribution in [0.1, 0.15) is 28.4 Å². The number of benzene rings is 2. The Labute approximate surface area is 152 Å². The van der Waals surface area contributed by atoms with Crippen LogP contribution >= 0.6 is 0 Å². The molecule has 2 aliphatic carbocycles. The van der Waals surface area contributed by atoms with Gasteiger partial charge in [-0.1, -0.05) is 0 Å². The molecule has 0 bridgehead atoms. The molecular weight excluding hydrogens is 395 g/mol. The topological polar surface area (TPSA) is 53.2 Å². The van der Waals surface area contributed by atoms with Crippen LogP contribution < -0.4 is 4.74 Å². The third kappa shape index (κ3) is 1.97. The number of ether oxygens (including phenoxy) is 1. The molecule has 10 heteroatoms. The van der Waals surface area contributed by atoms with Crippen molar-refractivity contribution < 1.29 is 40.6 Å². The van der Waals surface area contributed by atoms with Gasteiger partial charge in [-0.15, -0.1) is 0 Å². The van der Waals surface area contributed by atoms with Gasteiger partial charge < -0.3 is 9.84 Å². The number of aliphatic hydroxyl groups is 1. The van der Waals surface area contributed by atoms with E-state index < -0.39 is 58.0 Å². The van der Waals surface area contributed by atoms with Crippen molar-refractivity contribution in [3.8, 4) is 17.6 Å². The lowest BCUT2D eigenvalue weighted by Gasteiger charge is -2.32. The van der Waals surface area contributed by atoms with Crippen LogP contribution in [-0.4, -0.2) is 17.2 Å². The van der Waals surface area contributed by atoms with E-state index in [1.54, 1.807) is 6.07 Å². The quantitative estimate of drug-likeness (QED) is 0.735. The molecule has 0 saturated carbocycles. The molecule has 0 radical (unpaired) electrons. The Balaban J connectivity index is 1.92. The van der Waals surface area contributed by atoms with E-state index in [-0.39, 0.29) is 11.3 Å². The van der Waals surface area contributed by atoms with Crippen molar-refractivity contribution in [1.29, 1.82) is 5.26 Å². The number of halogens is 7. The third-order valence-electron chi connectivity index (χ3n) is 4.96. The van der Waals surface area contributed by atoms with Gasteiger partial charge in [0.1, 0.15) is 17.3 Å². The van der Waals surface area contributed by atoms with Gasteiger partial charge in [-0.25, -0.2) is 13.2 Å². The van der Waals surface area contributed by atoms with Gasteiger partial charge in [0.15, 0.2) is 17.9 Å². The van der Waals surface area contributed by atoms with Gasteiger partial charge >= 0.3 is 11.8 Å². The molecule has 0 heterocycles. The first-order valence-electron chi connectivity index (χ1n) is 7.79. The molecule has 0 aromatic heterocycles. The molecule has 0 fully saturated rings. The molecule has 1 N–H and O–H groups in total. The summed E-state index contributed by atoms with van der Waals surface area (Å²) in [5, 5.41) is 19.0. The number of nitriles is 1. The highest BCUT2D eigenvalue weighted by Crippen LogP contribution is 2.69. The van der Waals surface area contributed by atoms with Gasteiger partial charge in [0.25, 0.3) is 0 Å². The van der Waals surface area contributed by atoms with E-state index in [1.807, 2.05) is 0 Å². The zero-order chi connectivity index (χ0) is 20.6. The van der Waals surface area contributed by atoms with E-state index in [0.717, 1.165) is 18.2 Å². The molecular formula is C18H8F7NO2. The summed E-state index contributed by atoms with van der Waals surface area (Å²) in [5.41, 5.74) is -7.98. The first-order valence-corrected chi connectivity index (χ1v) is 7.79. The molecule has 2 aromatic carbocycles. The SMILES string of the molecule is N#Cc1cc(F)cc(Oc2ccc3c4c2[C@H](F)[C@H](F)[C@]4(O)C(F)(F)C3(F)F)c1. The highest BCUT2D eigenvalue weighted by atomic mass is 19.3. The van der Waals surface area contributed by atoms with Crippen molar-refractivity contribution >= 4 is 0 Å². The van der Waals surface area contributed by atoms with Crippen LogP contribution in [0.3, 0.4) is 0 Å². The summed E-state index contributed by atoms with van der Waals surface area (Å²) < 4.78 is 104. The fourth-order valence-electron chi connectivity index (χ4n) is 3.68. The number of hydrogen-bond acceptors (Lipinski definition) is 3. The Bertz CT molecular complexity index is 1050. The summed E-state index contributed by atoms with van der Waals surface area (Å²) in [5.74, 6) is -12.2. The van der Waals surface area contributed by atoms with Gasteiger partial charge in [0, 0.05) is 22.8 Å². The molecule has 2 aromatic rings. The highest BCUT2D eigenvalue weighted by Gasteiger charge is 2.82. The zero-order valence-corrected chi connectivity index (χ0v) is 13.5. The van der Waals surface area contributed by atoms with Gasteiger partial charge in [0.2, 0.25) is 0 Å². The van der Waals surface area contributed by atoms with Crippen LogP contribution in [0.5, 0.6) is 11.5 Å². The average molecular weight is 403 g/mol. The maximum absolute atomic E-state index is 14.5. The second kappa shape index (κ2) is 5.38. The summed E-state index contributed by atoms with van der Waals surface area (Å²) >= 11 is 0. The molecule has 28 heavy (non-hydrogen) atoms. The van der Waals surface area contributed by atoms with E-state index in [2.05, 4.69) is 0 Å². The molecule has 0 spiro atoms. The Kier molecular flexibility index (Phi) is 3.57. The molecule has 3 nitrogen and oxygen atoms in total. The van der Waals surface area contributed by atoms with Crippen molar-refractivity contribution in [3.63, 3.8) is 0 Å². The largest absolute Gasteiger partial charge is 0.457 e. The van der Waals surface area contributed by atoms with Gasteiger partial charge in [-0.05, 0) is 24.3 Å². The fourth-order valence-corrected chi connectivity index (χ4v) is 3.68. The minimum atomic E-state index is -5.30. The van der Waals surface area contributed by atoms with Crippen molar-refractivity contribution in [2.75, 3.05) is 0 Å². The first-order chi connectivity index (χ1) is 13.0. The Morgan fingerprint density at radius 1 is 1.07 bits per heavy atom. The molecule has 0 unspecified atom stereocenters. The molecule has 0 aliphatic heterocycles. The van der Waals surface area contributed by atoms with E-state index in [4.69, 9.17) is 10.00 Å². The van der Waals surface area contributed by atoms with E-state index in [9.17, 15) is 35.8 Å². The summed E-state index contributed by atoms with van der Waals surface area (Å²) in [6.07, 6.45) is -6.27. The Hall–Kier alpha value is -2.80. The van der Waals surface area contributed by atoms with E-state index in [1.165, 1.54) is 0 Å². The fraction of sp³-hybridized carbons (Fsp3) is 0.278. The maximum atomic E-state index is 14.5. The van der Waals surface area contributed by atoms with Crippen molar-refractivity contribution in [2.24, 2.45) is 0 Å². The van der Waals surface area contributed by atoms with E-state index >= 15 is 0 Å². The second-order valence-electron chi connectivity index (χ2n) is 6.51. The van der Waals surface area contributed by atoms with Crippen molar-refractivity contribution in [1.82, 2.24) is 0 Å². The number of nitrogens with zero attached hydrogens (tertiary/aromatic N) is 1. The Morgan fingerprint density at radius 2 is 1.75 bits per heavy atom. The van der Waals surface area contributed by atoms with Crippen LogP contribution in [-0.2, 0) is 11.5 Å².